The van der Waals surface area contributed by atoms with Gasteiger partial charge in [-0.3, -0.25) is 4.90 Å². The van der Waals surface area contributed by atoms with Crippen LogP contribution < -0.4 is 0 Å². The number of nitrogens with zero attached hydrogens (tertiary/aromatic N) is 1. The summed E-state index contributed by atoms with van der Waals surface area (Å²) in [7, 11) is 0. The lowest BCUT2D eigenvalue weighted by atomic mass is 10.1. The Balaban J connectivity index is 2.11. The van der Waals surface area contributed by atoms with Gasteiger partial charge in [0.25, 0.3) is 0 Å². The molecule has 1 heterocycles. The first-order valence-corrected chi connectivity index (χ1v) is 7.25. The number of carboxylic acid groups (broad SMARTS) is 1. The number of amides is 1. The van der Waals surface area contributed by atoms with Crippen molar-refractivity contribution in [1.82, 2.24) is 4.90 Å². The summed E-state index contributed by atoms with van der Waals surface area (Å²) in [5.41, 5.74) is 0.916. The van der Waals surface area contributed by atoms with E-state index in [-0.39, 0.29) is 13.2 Å². The van der Waals surface area contributed by atoms with Gasteiger partial charge in [0.2, 0.25) is 0 Å². The molecule has 20 heavy (non-hydrogen) atoms. The lowest BCUT2D eigenvalue weighted by Crippen LogP contribution is -2.42. The number of thiophene rings is 1. The summed E-state index contributed by atoms with van der Waals surface area (Å²) in [6.45, 7) is 0.101. The molecule has 4 nitrogen and oxygen atoms in total. The van der Waals surface area contributed by atoms with Gasteiger partial charge in [-0.25, -0.2) is 4.79 Å². The topological polar surface area (TPSA) is 60.8 Å². The third kappa shape index (κ3) is 3.82. The van der Waals surface area contributed by atoms with Crippen molar-refractivity contribution in [3.63, 3.8) is 0 Å². The van der Waals surface area contributed by atoms with Gasteiger partial charge in [0.1, 0.15) is 0 Å². The third-order valence-corrected chi connectivity index (χ3v) is 4.01. The Labute approximate surface area is 121 Å². The van der Waals surface area contributed by atoms with Gasteiger partial charge in [0.05, 0.1) is 12.6 Å². The largest absolute Gasteiger partial charge is 0.465 e. The van der Waals surface area contributed by atoms with E-state index in [0.29, 0.717) is 6.42 Å². The summed E-state index contributed by atoms with van der Waals surface area (Å²) in [6.07, 6.45) is -0.475. The van der Waals surface area contributed by atoms with Gasteiger partial charge in [-0.1, -0.05) is 36.4 Å². The van der Waals surface area contributed by atoms with E-state index in [9.17, 15) is 15.0 Å². The summed E-state index contributed by atoms with van der Waals surface area (Å²) in [5.74, 6) is 0. The Kier molecular flexibility index (Phi) is 5.15. The average Bonchev–Trinajstić information content (AvgIpc) is 2.96. The van der Waals surface area contributed by atoms with Crippen LogP contribution in [0.2, 0.25) is 0 Å². The maximum Gasteiger partial charge on any atom is 0.407 e. The van der Waals surface area contributed by atoms with Crippen LogP contribution in [0.25, 0.3) is 0 Å². The smallest absolute Gasteiger partial charge is 0.407 e. The van der Waals surface area contributed by atoms with E-state index < -0.39 is 12.1 Å². The lowest BCUT2D eigenvalue weighted by molar-refractivity contribution is 0.0935. The summed E-state index contributed by atoms with van der Waals surface area (Å²) < 4.78 is 0. The SMILES string of the molecule is O=C(O)N(Cc1ccccc1)C(CO)Cc1cccs1. The molecule has 5 heteroatoms. The number of benzene rings is 1. The molecule has 2 rings (SSSR count). The molecule has 1 aromatic heterocycles. The van der Waals surface area contributed by atoms with Gasteiger partial charge in [0, 0.05) is 17.8 Å². The molecular weight excluding hydrogens is 274 g/mol. The predicted octanol–water partition coefficient (Wildman–Crippen LogP) is 2.83. The average molecular weight is 291 g/mol. The van der Waals surface area contributed by atoms with E-state index in [1.54, 1.807) is 11.3 Å². The summed E-state index contributed by atoms with van der Waals surface area (Å²) in [6, 6.07) is 12.9. The van der Waals surface area contributed by atoms with Crippen molar-refractivity contribution >= 4 is 17.4 Å². The second-order valence-electron chi connectivity index (χ2n) is 4.52. The number of hydrogen-bond donors (Lipinski definition) is 2. The highest BCUT2D eigenvalue weighted by molar-refractivity contribution is 7.09. The van der Waals surface area contributed by atoms with Crippen molar-refractivity contribution in [3.8, 4) is 0 Å². The van der Waals surface area contributed by atoms with Crippen molar-refractivity contribution in [2.75, 3.05) is 6.61 Å². The lowest BCUT2D eigenvalue weighted by Gasteiger charge is -2.27. The van der Waals surface area contributed by atoms with E-state index in [1.165, 1.54) is 4.90 Å². The zero-order chi connectivity index (χ0) is 14.4. The first kappa shape index (κ1) is 14.6. The van der Waals surface area contributed by atoms with Gasteiger partial charge >= 0.3 is 6.09 Å². The summed E-state index contributed by atoms with van der Waals surface area (Å²) in [5, 5.41) is 20.9. The normalized spacial score (nSPS) is 12.1. The molecule has 1 amide bonds. The van der Waals surface area contributed by atoms with Crippen molar-refractivity contribution < 1.29 is 15.0 Å². The number of rotatable bonds is 6. The Morgan fingerprint density at radius 2 is 1.95 bits per heavy atom. The number of aliphatic hydroxyl groups excluding tert-OH is 1. The van der Waals surface area contributed by atoms with Crippen LogP contribution in [0.5, 0.6) is 0 Å². The molecular formula is C15H17NO3S. The second-order valence-corrected chi connectivity index (χ2v) is 5.55. The number of hydrogen-bond acceptors (Lipinski definition) is 3. The standard InChI is InChI=1S/C15H17NO3S/c17-11-13(9-14-7-4-8-20-14)16(15(18)19)10-12-5-2-1-3-6-12/h1-8,13,17H,9-11H2,(H,18,19). The molecule has 0 saturated heterocycles. The molecule has 0 radical (unpaired) electrons. The van der Waals surface area contributed by atoms with Crippen molar-refractivity contribution in [2.45, 2.75) is 19.0 Å². The minimum Gasteiger partial charge on any atom is -0.465 e. The van der Waals surface area contributed by atoms with E-state index in [4.69, 9.17) is 0 Å². The van der Waals surface area contributed by atoms with Crippen molar-refractivity contribution in [1.29, 1.82) is 0 Å². The minimum atomic E-state index is -1.01. The molecule has 1 unspecified atom stereocenters. The quantitative estimate of drug-likeness (QED) is 0.860. The third-order valence-electron chi connectivity index (χ3n) is 3.11. The van der Waals surface area contributed by atoms with Crippen LogP contribution >= 0.6 is 11.3 Å². The molecule has 0 aliphatic carbocycles. The first-order chi connectivity index (χ1) is 9.70. The highest BCUT2D eigenvalue weighted by Gasteiger charge is 2.23. The molecule has 0 fully saturated rings. The molecule has 1 atom stereocenters. The summed E-state index contributed by atoms with van der Waals surface area (Å²) >= 11 is 1.57. The fraction of sp³-hybridized carbons (Fsp3) is 0.267. The Hall–Kier alpha value is -1.85. The van der Waals surface area contributed by atoms with Gasteiger partial charge in [-0.15, -0.1) is 11.3 Å². The molecule has 0 aliphatic rings. The van der Waals surface area contributed by atoms with Crippen molar-refractivity contribution in [2.24, 2.45) is 0 Å². The van der Waals surface area contributed by atoms with Crippen LogP contribution in [0.15, 0.2) is 47.8 Å². The highest BCUT2D eigenvalue weighted by atomic mass is 32.1. The Morgan fingerprint density at radius 1 is 1.20 bits per heavy atom. The Bertz CT molecular complexity index is 527. The van der Waals surface area contributed by atoms with Gasteiger partial charge in [-0.05, 0) is 17.0 Å². The molecule has 2 N–H and O–H groups in total. The number of aliphatic hydroxyl groups is 1. The summed E-state index contributed by atoms with van der Waals surface area (Å²) in [4.78, 5) is 13.8. The van der Waals surface area contributed by atoms with Crippen LogP contribution in [0.4, 0.5) is 4.79 Å². The zero-order valence-corrected chi connectivity index (χ0v) is 11.8. The fourth-order valence-electron chi connectivity index (χ4n) is 2.07. The first-order valence-electron chi connectivity index (χ1n) is 6.37. The fourth-order valence-corrected chi connectivity index (χ4v) is 2.84. The van der Waals surface area contributed by atoms with E-state index in [1.807, 2.05) is 47.8 Å². The van der Waals surface area contributed by atoms with Crippen LogP contribution in [-0.4, -0.2) is 33.9 Å². The van der Waals surface area contributed by atoms with Crippen LogP contribution in [0.1, 0.15) is 10.4 Å². The molecule has 0 saturated carbocycles. The Morgan fingerprint density at radius 3 is 2.50 bits per heavy atom. The van der Waals surface area contributed by atoms with E-state index >= 15 is 0 Å². The molecule has 106 valence electrons. The van der Waals surface area contributed by atoms with E-state index in [2.05, 4.69) is 0 Å². The highest BCUT2D eigenvalue weighted by Crippen LogP contribution is 2.16. The number of carbonyl (C=O) groups is 1. The maximum atomic E-state index is 11.5. The van der Waals surface area contributed by atoms with Crippen molar-refractivity contribution in [3.05, 3.63) is 58.3 Å². The predicted molar refractivity (Wildman–Crippen MR) is 78.9 cm³/mol. The van der Waals surface area contributed by atoms with Crippen LogP contribution in [0, 0.1) is 0 Å². The van der Waals surface area contributed by atoms with E-state index in [0.717, 1.165) is 10.4 Å². The van der Waals surface area contributed by atoms with Crippen LogP contribution in [-0.2, 0) is 13.0 Å². The molecule has 0 bridgehead atoms. The van der Waals surface area contributed by atoms with Gasteiger partial charge < -0.3 is 10.2 Å². The maximum absolute atomic E-state index is 11.5. The van der Waals surface area contributed by atoms with Gasteiger partial charge in [-0.2, -0.15) is 0 Å². The molecule has 0 spiro atoms. The molecule has 2 aromatic rings. The zero-order valence-electron chi connectivity index (χ0n) is 11.0. The minimum absolute atomic E-state index is 0.183. The van der Waals surface area contributed by atoms with Gasteiger partial charge in [0.15, 0.2) is 0 Å². The van der Waals surface area contributed by atoms with Crippen LogP contribution in [0.3, 0.4) is 0 Å². The molecule has 1 aromatic carbocycles. The molecule has 0 aliphatic heterocycles. The second kappa shape index (κ2) is 7.07. The monoisotopic (exact) mass is 291 g/mol.